The molecule has 132 valence electrons. The Labute approximate surface area is 153 Å². The number of nitrogens with zero attached hydrogens (tertiary/aromatic N) is 1. The van der Waals surface area contributed by atoms with E-state index in [1.165, 1.54) is 6.08 Å². The molecule has 1 aromatic rings. The van der Waals surface area contributed by atoms with Gasteiger partial charge in [0.25, 0.3) is 0 Å². The summed E-state index contributed by atoms with van der Waals surface area (Å²) in [4.78, 5) is 14.3. The van der Waals surface area contributed by atoms with Gasteiger partial charge in [0.15, 0.2) is 9.84 Å². The van der Waals surface area contributed by atoms with Gasteiger partial charge in [-0.3, -0.25) is 4.79 Å². The van der Waals surface area contributed by atoms with E-state index in [0.717, 1.165) is 0 Å². The van der Waals surface area contributed by atoms with Crippen LogP contribution in [0, 0.1) is 5.92 Å². The lowest BCUT2D eigenvalue weighted by Crippen LogP contribution is -2.42. The maximum absolute atomic E-state index is 12.6. The molecule has 0 saturated carbocycles. The third kappa shape index (κ3) is 4.98. The van der Waals surface area contributed by atoms with Crippen molar-refractivity contribution in [2.75, 3.05) is 18.1 Å². The van der Waals surface area contributed by atoms with E-state index >= 15 is 0 Å². The van der Waals surface area contributed by atoms with Crippen LogP contribution in [0.15, 0.2) is 24.3 Å². The first-order valence-corrected chi connectivity index (χ1v) is 10.4. The SMILES string of the molecule is CC(C)CN(C(=O)/C=C/c1c(Cl)cccc1Cl)C1CCS(=O)(=O)C1. The van der Waals surface area contributed by atoms with Gasteiger partial charge in [0.2, 0.25) is 5.91 Å². The predicted molar refractivity (Wildman–Crippen MR) is 99.1 cm³/mol. The standard InChI is InChI=1S/C17H21Cl2NO3S/c1-12(2)10-20(13-8-9-24(22,23)11-13)17(21)7-6-14-15(18)4-3-5-16(14)19/h3-7,12-13H,8-11H2,1-2H3/b7-6+. The van der Waals surface area contributed by atoms with Crippen molar-refractivity contribution in [2.24, 2.45) is 5.92 Å². The number of halogens is 2. The van der Waals surface area contributed by atoms with Gasteiger partial charge in [-0.25, -0.2) is 8.42 Å². The Balaban J connectivity index is 2.20. The van der Waals surface area contributed by atoms with E-state index in [9.17, 15) is 13.2 Å². The first-order chi connectivity index (χ1) is 11.2. The quantitative estimate of drug-likeness (QED) is 0.721. The molecule has 2 rings (SSSR count). The van der Waals surface area contributed by atoms with Crippen molar-refractivity contribution in [1.29, 1.82) is 0 Å². The summed E-state index contributed by atoms with van der Waals surface area (Å²) >= 11 is 12.2. The lowest BCUT2D eigenvalue weighted by atomic mass is 10.1. The van der Waals surface area contributed by atoms with Crippen LogP contribution < -0.4 is 0 Å². The molecule has 0 spiro atoms. The second-order valence-electron chi connectivity index (χ2n) is 6.41. The summed E-state index contributed by atoms with van der Waals surface area (Å²) in [6.07, 6.45) is 3.49. The van der Waals surface area contributed by atoms with Crippen LogP contribution in [0.2, 0.25) is 10.0 Å². The van der Waals surface area contributed by atoms with Crippen molar-refractivity contribution in [3.8, 4) is 0 Å². The van der Waals surface area contributed by atoms with Gasteiger partial charge < -0.3 is 4.90 Å². The Morgan fingerprint density at radius 1 is 1.33 bits per heavy atom. The minimum Gasteiger partial charge on any atom is -0.335 e. The average Bonchev–Trinajstić information content (AvgIpc) is 2.83. The lowest BCUT2D eigenvalue weighted by molar-refractivity contribution is -0.128. The minimum atomic E-state index is -3.05. The second-order valence-corrected chi connectivity index (χ2v) is 9.45. The number of hydrogen-bond acceptors (Lipinski definition) is 3. The Hall–Kier alpha value is -1.04. The smallest absolute Gasteiger partial charge is 0.246 e. The summed E-state index contributed by atoms with van der Waals surface area (Å²) in [5.74, 6) is 0.197. The van der Waals surface area contributed by atoms with Gasteiger partial charge in [-0.05, 0) is 30.5 Å². The van der Waals surface area contributed by atoms with Gasteiger partial charge in [-0.2, -0.15) is 0 Å². The summed E-state index contributed by atoms with van der Waals surface area (Å²) in [6, 6.07) is 4.87. The van der Waals surface area contributed by atoms with E-state index in [1.807, 2.05) is 13.8 Å². The number of hydrogen-bond donors (Lipinski definition) is 0. The zero-order valence-corrected chi connectivity index (χ0v) is 16.0. The molecule has 1 saturated heterocycles. The van der Waals surface area contributed by atoms with E-state index in [1.54, 1.807) is 29.2 Å². The molecule has 1 heterocycles. The third-order valence-corrected chi connectivity index (χ3v) is 6.30. The average molecular weight is 390 g/mol. The summed E-state index contributed by atoms with van der Waals surface area (Å²) < 4.78 is 23.5. The highest BCUT2D eigenvalue weighted by Crippen LogP contribution is 2.26. The van der Waals surface area contributed by atoms with Crippen LogP contribution in [0.1, 0.15) is 25.8 Å². The fraction of sp³-hybridized carbons (Fsp3) is 0.471. The maximum atomic E-state index is 12.6. The van der Waals surface area contributed by atoms with Crippen molar-refractivity contribution in [1.82, 2.24) is 4.90 Å². The molecular formula is C17H21Cl2NO3S. The van der Waals surface area contributed by atoms with Gasteiger partial charge in [-0.1, -0.05) is 43.1 Å². The minimum absolute atomic E-state index is 0.0339. The first-order valence-electron chi connectivity index (χ1n) is 7.82. The fourth-order valence-corrected chi connectivity index (χ4v) is 5.01. The van der Waals surface area contributed by atoms with Gasteiger partial charge >= 0.3 is 0 Å². The van der Waals surface area contributed by atoms with Gasteiger partial charge in [-0.15, -0.1) is 0 Å². The zero-order valence-electron chi connectivity index (χ0n) is 13.7. The Morgan fingerprint density at radius 2 is 1.96 bits per heavy atom. The fourth-order valence-electron chi connectivity index (χ4n) is 2.75. The molecule has 1 aromatic carbocycles. The van der Waals surface area contributed by atoms with Crippen LogP contribution in [0.5, 0.6) is 0 Å². The molecule has 1 aliphatic heterocycles. The van der Waals surface area contributed by atoms with Crippen LogP contribution in [0.25, 0.3) is 6.08 Å². The summed E-state index contributed by atoms with van der Waals surface area (Å²) in [5, 5.41) is 0.927. The number of benzene rings is 1. The molecule has 1 aliphatic rings. The molecular weight excluding hydrogens is 369 g/mol. The molecule has 0 radical (unpaired) electrons. The number of rotatable bonds is 5. The maximum Gasteiger partial charge on any atom is 0.246 e. The van der Waals surface area contributed by atoms with E-state index in [4.69, 9.17) is 23.2 Å². The Morgan fingerprint density at radius 3 is 2.46 bits per heavy atom. The van der Waals surface area contributed by atoms with E-state index in [2.05, 4.69) is 0 Å². The van der Waals surface area contributed by atoms with Crippen LogP contribution in [0.3, 0.4) is 0 Å². The molecule has 0 aromatic heterocycles. The molecule has 1 amide bonds. The van der Waals surface area contributed by atoms with Crippen molar-refractivity contribution < 1.29 is 13.2 Å². The van der Waals surface area contributed by atoms with E-state index < -0.39 is 9.84 Å². The number of sulfone groups is 1. The van der Waals surface area contributed by atoms with E-state index in [-0.39, 0.29) is 29.4 Å². The summed E-state index contributed by atoms with van der Waals surface area (Å²) in [7, 11) is -3.05. The number of carbonyl (C=O) groups is 1. The van der Waals surface area contributed by atoms with Crippen molar-refractivity contribution >= 4 is 45.0 Å². The highest BCUT2D eigenvalue weighted by Gasteiger charge is 2.34. The molecule has 1 atom stereocenters. The van der Waals surface area contributed by atoms with Crippen molar-refractivity contribution in [3.63, 3.8) is 0 Å². The first kappa shape index (κ1) is 19.3. The van der Waals surface area contributed by atoms with Gasteiger partial charge in [0, 0.05) is 34.3 Å². The van der Waals surface area contributed by atoms with Crippen molar-refractivity contribution in [3.05, 3.63) is 39.9 Å². The van der Waals surface area contributed by atoms with Gasteiger partial charge in [0.05, 0.1) is 11.5 Å². The van der Waals surface area contributed by atoms with E-state index in [0.29, 0.717) is 28.6 Å². The van der Waals surface area contributed by atoms with Crippen LogP contribution in [-0.2, 0) is 14.6 Å². The molecule has 1 fully saturated rings. The molecule has 7 heteroatoms. The van der Waals surface area contributed by atoms with Gasteiger partial charge in [0.1, 0.15) is 0 Å². The largest absolute Gasteiger partial charge is 0.335 e. The highest BCUT2D eigenvalue weighted by molar-refractivity contribution is 7.91. The number of amides is 1. The topological polar surface area (TPSA) is 54.5 Å². The molecule has 4 nitrogen and oxygen atoms in total. The number of carbonyl (C=O) groups excluding carboxylic acids is 1. The molecule has 1 unspecified atom stereocenters. The molecule has 24 heavy (non-hydrogen) atoms. The zero-order chi connectivity index (χ0) is 17.9. The highest BCUT2D eigenvalue weighted by atomic mass is 35.5. The van der Waals surface area contributed by atoms with Crippen LogP contribution in [-0.4, -0.2) is 43.3 Å². The van der Waals surface area contributed by atoms with Crippen LogP contribution in [0.4, 0.5) is 0 Å². The normalized spacial score (nSPS) is 20.0. The molecule has 0 bridgehead atoms. The molecule has 0 N–H and O–H groups in total. The third-order valence-electron chi connectivity index (χ3n) is 3.89. The summed E-state index contributed by atoms with van der Waals surface area (Å²) in [5.41, 5.74) is 0.581. The molecule has 0 aliphatic carbocycles. The monoisotopic (exact) mass is 389 g/mol. The summed E-state index contributed by atoms with van der Waals surface area (Å²) in [6.45, 7) is 4.51. The second kappa shape index (κ2) is 7.89. The lowest BCUT2D eigenvalue weighted by Gasteiger charge is -2.29. The predicted octanol–water partition coefficient (Wildman–Crippen LogP) is 3.68. The van der Waals surface area contributed by atoms with Crippen molar-refractivity contribution in [2.45, 2.75) is 26.3 Å². The Bertz CT molecular complexity index is 724. The van der Waals surface area contributed by atoms with Crippen LogP contribution >= 0.6 is 23.2 Å². The Kier molecular flexibility index (Phi) is 6.34.